The standard InChI is InChI=1S/C23H26N4O3/c24-13-6-14-27(19-7-2-1-3-8-19)23(30)12-11-22(29)26-17-15-25(16-18-26)20-9-4-5-10-21(20)28/h1-5,7-10,28H,6,11-12,14-18H2. The van der Waals surface area contributed by atoms with Crippen LogP contribution in [0.15, 0.2) is 54.6 Å². The number of carbonyl (C=O) groups is 2. The van der Waals surface area contributed by atoms with Gasteiger partial charge in [0.05, 0.1) is 18.2 Å². The number of nitrogens with zero attached hydrogens (tertiary/aromatic N) is 4. The summed E-state index contributed by atoms with van der Waals surface area (Å²) in [7, 11) is 0. The fourth-order valence-corrected chi connectivity index (χ4v) is 3.60. The van der Waals surface area contributed by atoms with Crippen molar-refractivity contribution in [1.82, 2.24) is 4.90 Å². The Morgan fingerprint density at radius 3 is 2.30 bits per heavy atom. The first-order valence-electron chi connectivity index (χ1n) is 10.1. The summed E-state index contributed by atoms with van der Waals surface area (Å²) in [6.45, 7) is 2.69. The van der Waals surface area contributed by atoms with E-state index in [4.69, 9.17) is 5.26 Å². The van der Waals surface area contributed by atoms with Crippen molar-refractivity contribution < 1.29 is 14.7 Å². The lowest BCUT2D eigenvalue weighted by Gasteiger charge is -2.36. The molecule has 1 saturated heterocycles. The molecule has 1 fully saturated rings. The molecule has 7 heteroatoms. The summed E-state index contributed by atoms with van der Waals surface area (Å²) in [6, 6.07) is 18.5. The largest absolute Gasteiger partial charge is 0.506 e. The van der Waals surface area contributed by atoms with Crippen molar-refractivity contribution in [2.24, 2.45) is 0 Å². The molecule has 1 aliphatic heterocycles. The SMILES string of the molecule is N#CCCN(C(=O)CCC(=O)N1CCN(c2ccccc2O)CC1)c1ccccc1. The fourth-order valence-electron chi connectivity index (χ4n) is 3.60. The molecule has 2 amide bonds. The molecule has 3 rings (SSSR count). The van der Waals surface area contributed by atoms with Crippen LogP contribution in [0.2, 0.25) is 0 Å². The Morgan fingerprint density at radius 2 is 1.63 bits per heavy atom. The van der Waals surface area contributed by atoms with E-state index in [0.717, 1.165) is 11.4 Å². The van der Waals surface area contributed by atoms with Crippen LogP contribution in [0.1, 0.15) is 19.3 Å². The van der Waals surface area contributed by atoms with Crippen LogP contribution in [-0.4, -0.2) is 54.5 Å². The molecule has 1 N–H and O–H groups in total. The van der Waals surface area contributed by atoms with E-state index < -0.39 is 0 Å². The van der Waals surface area contributed by atoms with Gasteiger partial charge in [-0.05, 0) is 24.3 Å². The van der Waals surface area contributed by atoms with Gasteiger partial charge in [-0.1, -0.05) is 30.3 Å². The zero-order chi connectivity index (χ0) is 21.3. The Bertz CT molecular complexity index is 902. The van der Waals surface area contributed by atoms with E-state index in [9.17, 15) is 14.7 Å². The molecular formula is C23H26N4O3. The smallest absolute Gasteiger partial charge is 0.227 e. The van der Waals surface area contributed by atoms with Crippen molar-refractivity contribution in [1.29, 1.82) is 5.26 Å². The van der Waals surface area contributed by atoms with E-state index >= 15 is 0 Å². The summed E-state index contributed by atoms with van der Waals surface area (Å²) in [6.07, 6.45) is 0.493. The lowest BCUT2D eigenvalue weighted by molar-refractivity contribution is -0.133. The summed E-state index contributed by atoms with van der Waals surface area (Å²) in [5, 5.41) is 18.9. The topological polar surface area (TPSA) is 87.9 Å². The summed E-state index contributed by atoms with van der Waals surface area (Å²) < 4.78 is 0. The highest BCUT2D eigenvalue weighted by atomic mass is 16.3. The summed E-state index contributed by atoms with van der Waals surface area (Å²) >= 11 is 0. The van der Waals surface area contributed by atoms with Gasteiger partial charge in [0, 0.05) is 51.3 Å². The Labute approximate surface area is 176 Å². The van der Waals surface area contributed by atoms with Gasteiger partial charge in [0.1, 0.15) is 5.75 Å². The zero-order valence-corrected chi connectivity index (χ0v) is 16.9. The zero-order valence-electron chi connectivity index (χ0n) is 16.9. The molecule has 2 aromatic rings. The van der Waals surface area contributed by atoms with E-state index in [1.165, 1.54) is 0 Å². The van der Waals surface area contributed by atoms with E-state index in [2.05, 4.69) is 11.0 Å². The number of phenols is 1. The van der Waals surface area contributed by atoms with Crippen molar-refractivity contribution >= 4 is 23.2 Å². The van der Waals surface area contributed by atoms with Gasteiger partial charge in [-0.25, -0.2) is 0 Å². The van der Waals surface area contributed by atoms with Crippen LogP contribution in [-0.2, 0) is 9.59 Å². The number of benzene rings is 2. The molecule has 1 aliphatic rings. The number of piperazine rings is 1. The molecule has 0 radical (unpaired) electrons. The maximum absolute atomic E-state index is 12.7. The van der Waals surface area contributed by atoms with Gasteiger partial charge in [0.2, 0.25) is 11.8 Å². The number of para-hydroxylation sites is 3. The van der Waals surface area contributed by atoms with Crippen molar-refractivity contribution in [2.45, 2.75) is 19.3 Å². The second kappa shape index (κ2) is 10.3. The second-order valence-corrected chi connectivity index (χ2v) is 7.15. The first-order valence-corrected chi connectivity index (χ1v) is 10.1. The van der Waals surface area contributed by atoms with Gasteiger partial charge in [0.15, 0.2) is 0 Å². The molecule has 0 spiro atoms. The molecule has 2 aromatic carbocycles. The summed E-state index contributed by atoms with van der Waals surface area (Å²) in [5.74, 6) is 0.0347. The molecule has 30 heavy (non-hydrogen) atoms. The van der Waals surface area contributed by atoms with E-state index in [1.54, 1.807) is 21.9 Å². The first kappa shape index (κ1) is 21.2. The third-order valence-corrected chi connectivity index (χ3v) is 5.22. The van der Waals surface area contributed by atoms with Crippen LogP contribution in [0.4, 0.5) is 11.4 Å². The molecule has 7 nitrogen and oxygen atoms in total. The van der Waals surface area contributed by atoms with Crippen LogP contribution in [0.25, 0.3) is 0 Å². The Kier molecular flexibility index (Phi) is 7.28. The molecular weight excluding hydrogens is 380 g/mol. The van der Waals surface area contributed by atoms with Gasteiger partial charge in [0.25, 0.3) is 0 Å². The monoisotopic (exact) mass is 406 g/mol. The molecule has 1 heterocycles. The Morgan fingerprint density at radius 1 is 0.967 bits per heavy atom. The molecule has 0 bridgehead atoms. The van der Waals surface area contributed by atoms with Crippen molar-refractivity contribution in [2.75, 3.05) is 42.5 Å². The van der Waals surface area contributed by atoms with Crippen molar-refractivity contribution in [3.05, 3.63) is 54.6 Å². The normalized spacial score (nSPS) is 13.6. The number of rotatable bonds is 7. The van der Waals surface area contributed by atoms with Crippen LogP contribution in [0.5, 0.6) is 5.75 Å². The third kappa shape index (κ3) is 5.29. The van der Waals surface area contributed by atoms with Crippen LogP contribution in [0.3, 0.4) is 0 Å². The summed E-state index contributed by atoms with van der Waals surface area (Å²) in [4.78, 5) is 30.7. The van der Waals surface area contributed by atoms with Crippen LogP contribution < -0.4 is 9.80 Å². The third-order valence-electron chi connectivity index (χ3n) is 5.22. The second-order valence-electron chi connectivity index (χ2n) is 7.15. The maximum atomic E-state index is 12.7. The predicted octanol–water partition coefficient (Wildman–Crippen LogP) is 2.77. The number of aromatic hydroxyl groups is 1. The number of hydrogen-bond donors (Lipinski definition) is 1. The lowest BCUT2D eigenvalue weighted by Crippen LogP contribution is -2.49. The van der Waals surface area contributed by atoms with E-state index in [-0.39, 0.29) is 36.8 Å². The Hall–Kier alpha value is -3.53. The van der Waals surface area contributed by atoms with Gasteiger partial charge >= 0.3 is 0 Å². The van der Waals surface area contributed by atoms with Gasteiger partial charge in [-0.15, -0.1) is 0 Å². The maximum Gasteiger partial charge on any atom is 0.227 e. The first-order chi connectivity index (χ1) is 14.6. The molecule has 0 unspecified atom stereocenters. The number of hydrogen-bond acceptors (Lipinski definition) is 5. The van der Waals surface area contributed by atoms with Crippen LogP contribution in [0, 0.1) is 11.3 Å². The molecule has 0 aliphatic carbocycles. The predicted molar refractivity (Wildman–Crippen MR) is 115 cm³/mol. The number of nitriles is 1. The highest BCUT2D eigenvalue weighted by Crippen LogP contribution is 2.27. The van der Waals surface area contributed by atoms with Crippen molar-refractivity contribution in [3.63, 3.8) is 0 Å². The van der Waals surface area contributed by atoms with E-state index in [0.29, 0.717) is 32.7 Å². The molecule has 0 saturated carbocycles. The van der Waals surface area contributed by atoms with Gasteiger partial charge in [-0.3, -0.25) is 9.59 Å². The average Bonchev–Trinajstić information content (AvgIpc) is 2.79. The van der Waals surface area contributed by atoms with Gasteiger partial charge in [-0.2, -0.15) is 5.26 Å². The lowest BCUT2D eigenvalue weighted by atomic mass is 10.2. The highest BCUT2D eigenvalue weighted by molar-refractivity contribution is 5.95. The number of carbonyl (C=O) groups excluding carboxylic acids is 2. The minimum atomic E-state index is -0.155. The highest BCUT2D eigenvalue weighted by Gasteiger charge is 2.24. The number of amides is 2. The minimum Gasteiger partial charge on any atom is -0.506 e. The van der Waals surface area contributed by atoms with Crippen molar-refractivity contribution in [3.8, 4) is 11.8 Å². The van der Waals surface area contributed by atoms with E-state index in [1.807, 2.05) is 42.5 Å². The number of phenolic OH excluding ortho intramolecular Hbond substituents is 1. The minimum absolute atomic E-state index is 0.0476. The number of anilines is 2. The Balaban J connectivity index is 1.52. The quantitative estimate of drug-likeness (QED) is 0.764. The molecule has 0 atom stereocenters. The average molecular weight is 406 g/mol. The molecule has 0 aromatic heterocycles. The van der Waals surface area contributed by atoms with Crippen LogP contribution >= 0.6 is 0 Å². The molecule has 156 valence electrons. The van der Waals surface area contributed by atoms with Gasteiger partial charge < -0.3 is 19.8 Å². The summed E-state index contributed by atoms with van der Waals surface area (Å²) in [5.41, 5.74) is 1.51. The fraction of sp³-hybridized carbons (Fsp3) is 0.348.